The number of carbonyl (C=O) groups excluding carboxylic acids is 1. The maximum absolute atomic E-state index is 13.7. The van der Waals surface area contributed by atoms with Gasteiger partial charge < -0.3 is 16.0 Å². The molecule has 32 heavy (non-hydrogen) atoms. The number of aromatic nitrogens is 2. The molecule has 2 rings (SSSR count). The van der Waals surface area contributed by atoms with Gasteiger partial charge in [-0.1, -0.05) is 6.07 Å². The van der Waals surface area contributed by atoms with Crippen molar-refractivity contribution in [2.45, 2.75) is 52.9 Å². The molecule has 11 heteroatoms. The van der Waals surface area contributed by atoms with Crippen LogP contribution in [0.4, 0.5) is 13.2 Å². The summed E-state index contributed by atoms with van der Waals surface area (Å²) in [6.07, 6.45) is -4.54. The number of guanidine groups is 1. The van der Waals surface area contributed by atoms with Gasteiger partial charge >= 0.3 is 6.18 Å². The van der Waals surface area contributed by atoms with Gasteiger partial charge in [-0.2, -0.15) is 18.3 Å². The van der Waals surface area contributed by atoms with E-state index in [2.05, 4.69) is 26.0 Å². The highest BCUT2D eigenvalue weighted by Crippen LogP contribution is 2.33. The third kappa shape index (κ3) is 7.99. The van der Waals surface area contributed by atoms with Gasteiger partial charge in [0.25, 0.3) is 0 Å². The third-order valence-corrected chi connectivity index (χ3v) is 4.25. The van der Waals surface area contributed by atoms with Crippen molar-refractivity contribution in [1.82, 2.24) is 25.7 Å². The molecule has 1 heterocycles. The number of carbonyl (C=O) groups is 1. The van der Waals surface area contributed by atoms with Gasteiger partial charge in [-0.3, -0.25) is 9.79 Å². The van der Waals surface area contributed by atoms with Gasteiger partial charge in [0.1, 0.15) is 0 Å². The van der Waals surface area contributed by atoms with Crippen molar-refractivity contribution >= 4 is 35.8 Å². The molecule has 0 atom stereocenters. The number of rotatable bonds is 5. The Bertz CT molecular complexity index is 963. The summed E-state index contributed by atoms with van der Waals surface area (Å²) in [4.78, 5) is 15.9. The maximum Gasteiger partial charge on any atom is 0.416 e. The van der Waals surface area contributed by atoms with Crippen LogP contribution in [0.25, 0.3) is 5.69 Å². The molecular formula is C21H30F3IN6O. The van der Waals surface area contributed by atoms with E-state index in [-0.39, 0.29) is 60.0 Å². The number of hydrogen-bond donors (Lipinski definition) is 3. The number of nitrogens with one attached hydrogen (secondary N) is 3. The lowest BCUT2D eigenvalue weighted by Crippen LogP contribution is -2.48. The molecule has 0 aliphatic heterocycles. The minimum Gasteiger partial charge on any atom is -0.352 e. The predicted molar refractivity (Wildman–Crippen MR) is 130 cm³/mol. The van der Waals surface area contributed by atoms with Crippen LogP contribution in [0.2, 0.25) is 0 Å². The standard InChI is InChI=1S/C21H29F3N6O.HI/c1-13-9-14(2)30(29-13)16-8-7-15(17(10-16)21(22,23)24)11-26-19(25-6)27-12-18(31)28-20(3,4)5;/h7-10H,11-12H2,1-6H3,(H,28,31)(H2,25,26,27);1H. The third-order valence-electron chi connectivity index (χ3n) is 4.25. The number of benzene rings is 1. The highest BCUT2D eigenvalue weighted by molar-refractivity contribution is 14.0. The van der Waals surface area contributed by atoms with Crippen molar-refractivity contribution in [2.75, 3.05) is 13.6 Å². The molecule has 0 aliphatic carbocycles. The Kier molecular flexibility index (Phi) is 9.54. The SMILES string of the molecule is CN=C(NCC(=O)NC(C)(C)C)NCc1ccc(-n2nc(C)cc2C)cc1C(F)(F)F.I. The number of nitrogens with zero attached hydrogens (tertiary/aromatic N) is 3. The molecule has 0 unspecified atom stereocenters. The van der Waals surface area contributed by atoms with E-state index < -0.39 is 11.7 Å². The number of alkyl halides is 3. The summed E-state index contributed by atoms with van der Waals surface area (Å²) < 4.78 is 42.6. The van der Waals surface area contributed by atoms with E-state index in [1.54, 1.807) is 26.0 Å². The minimum atomic E-state index is -4.54. The summed E-state index contributed by atoms with van der Waals surface area (Å²) in [5, 5.41) is 12.7. The molecule has 3 N–H and O–H groups in total. The molecule has 0 fully saturated rings. The first-order valence-electron chi connectivity index (χ1n) is 9.79. The summed E-state index contributed by atoms with van der Waals surface area (Å²) in [7, 11) is 1.48. The lowest BCUT2D eigenvalue weighted by Gasteiger charge is -2.21. The van der Waals surface area contributed by atoms with E-state index in [1.807, 2.05) is 20.8 Å². The fraction of sp³-hybridized carbons (Fsp3) is 0.476. The quantitative estimate of drug-likeness (QED) is 0.293. The highest BCUT2D eigenvalue weighted by atomic mass is 127. The number of aliphatic imine (C=N–C) groups is 1. The molecule has 0 aliphatic rings. The first-order chi connectivity index (χ1) is 14.3. The summed E-state index contributed by atoms with van der Waals surface area (Å²) >= 11 is 0. The van der Waals surface area contributed by atoms with Gasteiger partial charge in [0.15, 0.2) is 5.96 Å². The molecule has 1 amide bonds. The summed E-state index contributed by atoms with van der Waals surface area (Å²) in [6.45, 7) is 8.96. The van der Waals surface area contributed by atoms with Crippen LogP contribution in [0, 0.1) is 13.8 Å². The highest BCUT2D eigenvalue weighted by Gasteiger charge is 2.34. The zero-order valence-corrected chi connectivity index (χ0v) is 21.3. The van der Waals surface area contributed by atoms with Crippen molar-refractivity contribution in [1.29, 1.82) is 0 Å². The van der Waals surface area contributed by atoms with Crippen LogP contribution in [-0.2, 0) is 17.5 Å². The summed E-state index contributed by atoms with van der Waals surface area (Å²) in [6, 6.07) is 5.90. The Labute approximate surface area is 203 Å². The molecule has 0 bridgehead atoms. The molecule has 0 saturated heterocycles. The van der Waals surface area contributed by atoms with Gasteiger partial charge in [0.05, 0.1) is 23.5 Å². The second kappa shape index (κ2) is 11.0. The van der Waals surface area contributed by atoms with E-state index in [9.17, 15) is 18.0 Å². The van der Waals surface area contributed by atoms with E-state index in [0.29, 0.717) is 5.69 Å². The Morgan fingerprint density at radius 3 is 2.28 bits per heavy atom. The van der Waals surface area contributed by atoms with Gasteiger partial charge in [-0.15, -0.1) is 24.0 Å². The van der Waals surface area contributed by atoms with Crippen LogP contribution in [0.5, 0.6) is 0 Å². The average Bonchev–Trinajstić information content (AvgIpc) is 2.97. The molecular weight excluding hydrogens is 536 g/mol. The Balaban J connectivity index is 0.00000512. The summed E-state index contributed by atoms with van der Waals surface area (Å²) in [5.74, 6) is -0.0273. The number of amides is 1. The molecule has 7 nitrogen and oxygen atoms in total. The average molecular weight is 566 g/mol. The van der Waals surface area contributed by atoms with Gasteiger partial charge in [0.2, 0.25) is 5.91 Å². The van der Waals surface area contributed by atoms with Gasteiger partial charge in [-0.25, -0.2) is 4.68 Å². The van der Waals surface area contributed by atoms with E-state index in [0.717, 1.165) is 17.5 Å². The maximum atomic E-state index is 13.7. The minimum absolute atomic E-state index is 0. The second-order valence-electron chi connectivity index (χ2n) is 8.26. The van der Waals surface area contributed by atoms with E-state index in [1.165, 1.54) is 17.8 Å². The zero-order valence-electron chi connectivity index (χ0n) is 19.0. The second-order valence-corrected chi connectivity index (χ2v) is 8.26. The monoisotopic (exact) mass is 566 g/mol. The number of aryl methyl sites for hydroxylation is 2. The number of halogens is 4. The van der Waals surface area contributed by atoms with Crippen molar-refractivity contribution in [3.63, 3.8) is 0 Å². The fourth-order valence-corrected chi connectivity index (χ4v) is 3.03. The fourth-order valence-electron chi connectivity index (χ4n) is 3.03. The lowest BCUT2D eigenvalue weighted by molar-refractivity contribution is -0.138. The van der Waals surface area contributed by atoms with Crippen LogP contribution in [0.1, 0.15) is 43.3 Å². The molecule has 0 spiro atoms. The van der Waals surface area contributed by atoms with Crippen molar-refractivity contribution < 1.29 is 18.0 Å². The van der Waals surface area contributed by atoms with Crippen LogP contribution < -0.4 is 16.0 Å². The first kappa shape index (κ1) is 27.7. The molecule has 2 aromatic rings. The van der Waals surface area contributed by atoms with Crippen LogP contribution in [-0.4, -0.2) is 40.8 Å². The smallest absolute Gasteiger partial charge is 0.352 e. The van der Waals surface area contributed by atoms with Gasteiger partial charge in [-0.05, 0) is 58.4 Å². The van der Waals surface area contributed by atoms with Crippen molar-refractivity contribution in [2.24, 2.45) is 4.99 Å². The Morgan fingerprint density at radius 1 is 1.12 bits per heavy atom. The zero-order chi connectivity index (χ0) is 23.4. The van der Waals surface area contributed by atoms with Crippen LogP contribution in [0.15, 0.2) is 29.3 Å². The van der Waals surface area contributed by atoms with E-state index in [4.69, 9.17) is 0 Å². The van der Waals surface area contributed by atoms with Gasteiger partial charge in [0, 0.05) is 24.8 Å². The Hall–Kier alpha value is -2.31. The largest absolute Gasteiger partial charge is 0.416 e. The molecule has 178 valence electrons. The van der Waals surface area contributed by atoms with Crippen LogP contribution >= 0.6 is 24.0 Å². The van der Waals surface area contributed by atoms with Crippen molar-refractivity contribution in [3.8, 4) is 5.69 Å². The predicted octanol–water partition coefficient (Wildman–Crippen LogP) is 3.71. The molecule has 1 aromatic heterocycles. The van der Waals surface area contributed by atoms with E-state index >= 15 is 0 Å². The number of hydrogen-bond acceptors (Lipinski definition) is 3. The van der Waals surface area contributed by atoms with Crippen molar-refractivity contribution in [3.05, 3.63) is 46.8 Å². The topological polar surface area (TPSA) is 83.3 Å². The first-order valence-corrected chi connectivity index (χ1v) is 9.79. The molecule has 1 aromatic carbocycles. The molecule has 0 saturated carbocycles. The van der Waals surface area contributed by atoms with Crippen LogP contribution in [0.3, 0.4) is 0 Å². The summed E-state index contributed by atoms with van der Waals surface area (Å²) in [5.41, 5.74) is 0.718. The lowest BCUT2D eigenvalue weighted by atomic mass is 10.1. The normalized spacial score (nSPS) is 12.2. The molecule has 0 radical (unpaired) electrons. The Morgan fingerprint density at radius 2 is 1.78 bits per heavy atom.